The lowest BCUT2D eigenvalue weighted by atomic mass is 9.96. The Labute approximate surface area is 140 Å². The minimum absolute atomic E-state index is 0.111. The van der Waals surface area contributed by atoms with Gasteiger partial charge in [-0.3, -0.25) is 14.6 Å². The average molecular weight is 335 g/mol. The number of methoxy groups -OCH3 is 2. The summed E-state index contributed by atoms with van der Waals surface area (Å²) in [7, 11) is 2.65. The number of nitrogens with zero attached hydrogens (tertiary/aromatic N) is 2. The van der Waals surface area contributed by atoms with E-state index in [2.05, 4.69) is 15.0 Å². The molecule has 0 bridgehead atoms. The molecule has 1 aliphatic heterocycles. The molecule has 1 saturated heterocycles. The Balaban J connectivity index is 1.95. The SMILES string of the molecule is COC(=O)NCc1cc(C(=O)N2CCC(C(=O)OC)CC2)ccn1. The van der Waals surface area contributed by atoms with Gasteiger partial charge in [0, 0.05) is 24.8 Å². The topological polar surface area (TPSA) is 97.8 Å². The summed E-state index contributed by atoms with van der Waals surface area (Å²) in [6.07, 6.45) is 2.17. The minimum atomic E-state index is -0.557. The summed E-state index contributed by atoms with van der Waals surface area (Å²) < 4.78 is 9.24. The van der Waals surface area contributed by atoms with Gasteiger partial charge in [-0.1, -0.05) is 0 Å². The summed E-state index contributed by atoms with van der Waals surface area (Å²) >= 11 is 0. The Kier molecular flexibility index (Phi) is 6.11. The van der Waals surface area contributed by atoms with Gasteiger partial charge in [-0.25, -0.2) is 4.79 Å². The first-order valence-corrected chi connectivity index (χ1v) is 7.69. The lowest BCUT2D eigenvalue weighted by Gasteiger charge is -2.30. The van der Waals surface area contributed by atoms with Gasteiger partial charge >= 0.3 is 12.1 Å². The highest BCUT2D eigenvalue weighted by molar-refractivity contribution is 5.94. The zero-order valence-electron chi connectivity index (χ0n) is 13.8. The van der Waals surface area contributed by atoms with Crippen LogP contribution in [0.1, 0.15) is 28.9 Å². The normalized spacial score (nSPS) is 14.8. The number of hydrogen-bond donors (Lipinski definition) is 1. The zero-order valence-corrected chi connectivity index (χ0v) is 13.8. The first-order valence-electron chi connectivity index (χ1n) is 7.69. The van der Waals surface area contributed by atoms with E-state index in [1.165, 1.54) is 20.4 Å². The molecule has 0 saturated carbocycles. The number of alkyl carbamates (subject to hydrolysis) is 1. The van der Waals surface area contributed by atoms with Crippen molar-refractivity contribution in [1.82, 2.24) is 15.2 Å². The van der Waals surface area contributed by atoms with Crippen LogP contribution in [0, 0.1) is 5.92 Å². The van der Waals surface area contributed by atoms with Crippen molar-refractivity contribution in [3.8, 4) is 0 Å². The van der Waals surface area contributed by atoms with Crippen molar-refractivity contribution in [2.75, 3.05) is 27.3 Å². The van der Waals surface area contributed by atoms with Crippen molar-refractivity contribution in [3.05, 3.63) is 29.6 Å². The van der Waals surface area contributed by atoms with Gasteiger partial charge in [0.15, 0.2) is 0 Å². The van der Waals surface area contributed by atoms with Crippen molar-refractivity contribution >= 4 is 18.0 Å². The molecule has 1 aromatic rings. The quantitative estimate of drug-likeness (QED) is 0.823. The highest BCUT2D eigenvalue weighted by Gasteiger charge is 2.28. The van der Waals surface area contributed by atoms with Crippen LogP contribution in [0.25, 0.3) is 0 Å². The van der Waals surface area contributed by atoms with Gasteiger partial charge < -0.3 is 19.7 Å². The number of pyridine rings is 1. The molecule has 8 nitrogen and oxygen atoms in total. The molecule has 1 aliphatic rings. The number of carbonyl (C=O) groups is 3. The summed E-state index contributed by atoms with van der Waals surface area (Å²) in [5.74, 6) is -0.474. The van der Waals surface area contributed by atoms with Gasteiger partial charge in [0.25, 0.3) is 5.91 Å². The number of nitrogens with one attached hydrogen (secondary N) is 1. The van der Waals surface area contributed by atoms with Gasteiger partial charge in [0.2, 0.25) is 0 Å². The zero-order chi connectivity index (χ0) is 17.5. The second-order valence-corrected chi connectivity index (χ2v) is 5.47. The lowest BCUT2D eigenvalue weighted by molar-refractivity contribution is -0.146. The summed E-state index contributed by atoms with van der Waals surface area (Å²) in [6, 6.07) is 3.28. The number of likely N-dealkylation sites (tertiary alicyclic amines) is 1. The van der Waals surface area contributed by atoms with E-state index in [0.717, 1.165) is 0 Å². The molecule has 2 rings (SSSR count). The fraction of sp³-hybridized carbons (Fsp3) is 0.500. The number of ether oxygens (including phenoxy) is 2. The van der Waals surface area contributed by atoms with Gasteiger partial charge in [-0.2, -0.15) is 0 Å². The second kappa shape index (κ2) is 8.28. The van der Waals surface area contributed by atoms with Gasteiger partial charge in [-0.05, 0) is 25.0 Å². The van der Waals surface area contributed by atoms with Crippen LogP contribution in [0.3, 0.4) is 0 Å². The number of carbonyl (C=O) groups excluding carboxylic acids is 3. The minimum Gasteiger partial charge on any atom is -0.469 e. The molecular weight excluding hydrogens is 314 g/mol. The van der Waals surface area contributed by atoms with E-state index < -0.39 is 6.09 Å². The molecule has 1 fully saturated rings. The van der Waals surface area contributed by atoms with Crippen molar-refractivity contribution in [1.29, 1.82) is 0 Å². The van der Waals surface area contributed by atoms with Gasteiger partial charge in [-0.15, -0.1) is 0 Å². The van der Waals surface area contributed by atoms with Crippen molar-refractivity contribution in [3.63, 3.8) is 0 Å². The average Bonchev–Trinajstić information content (AvgIpc) is 2.65. The highest BCUT2D eigenvalue weighted by atomic mass is 16.5. The highest BCUT2D eigenvalue weighted by Crippen LogP contribution is 2.20. The van der Waals surface area contributed by atoms with E-state index in [4.69, 9.17) is 4.74 Å². The van der Waals surface area contributed by atoms with Gasteiger partial charge in [0.1, 0.15) is 0 Å². The first-order chi connectivity index (χ1) is 11.5. The smallest absolute Gasteiger partial charge is 0.407 e. The molecule has 0 aromatic carbocycles. The summed E-state index contributed by atoms with van der Waals surface area (Å²) in [6.45, 7) is 1.20. The number of hydrogen-bond acceptors (Lipinski definition) is 6. The number of rotatable bonds is 4. The third-order valence-electron chi connectivity index (χ3n) is 3.98. The Hall–Kier alpha value is -2.64. The van der Waals surface area contributed by atoms with Crippen molar-refractivity contribution in [2.45, 2.75) is 19.4 Å². The van der Waals surface area contributed by atoms with Crippen LogP contribution in [0.2, 0.25) is 0 Å². The molecule has 2 amide bonds. The monoisotopic (exact) mass is 335 g/mol. The number of esters is 1. The molecule has 8 heteroatoms. The Morgan fingerprint density at radius 1 is 1.25 bits per heavy atom. The van der Waals surface area contributed by atoms with Crippen LogP contribution < -0.4 is 5.32 Å². The molecule has 0 unspecified atom stereocenters. The fourth-order valence-corrected chi connectivity index (χ4v) is 2.61. The second-order valence-electron chi connectivity index (χ2n) is 5.47. The first kappa shape index (κ1) is 17.7. The standard InChI is InChI=1S/C16H21N3O5/c1-23-15(21)11-4-7-19(8-5-11)14(20)12-3-6-17-13(9-12)10-18-16(22)24-2/h3,6,9,11H,4-5,7-8,10H2,1-2H3,(H,18,22). The molecule has 130 valence electrons. The molecule has 0 spiro atoms. The predicted octanol–water partition coefficient (Wildman–Crippen LogP) is 0.963. The van der Waals surface area contributed by atoms with E-state index in [0.29, 0.717) is 37.2 Å². The number of piperidine rings is 1. The summed E-state index contributed by atoms with van der Waals surface area (Å²) in [4.78, 5) is 41.0. The molecule has 1 N–H and O–H groups in total. The third-order valence-corrected chi connectivity index (χ3v) is 3.98. The van der Waals surface area contributed by atoms with Crippen LogP contribution in [0.5, 0.6) is 0 Å². The molecule has 24 heavy (non-hydrogen) atoms. The van der Waals surface area contributed by atoms with E-state index in [-0.39, 0.29) is 24.3 Å². The van der Waals surface area contributed by atoms with Crippen molar-refractivity contribution < 1.29 is 23.9 Å². The van der Waals surface area contributed by atoms with Crippen LogP contribution in [0.15, 0.2) is 18.3 Å². The van der Waals surface area contributed by atoms with Crippen LogP contribution in [-0.2, 0) is 20.8 Å². The number of aromatic nitrogens is 1. The number of amides is 2. The maximum absolute atomic E-state index is 12.6. The Bertz CT molecular complexity index is 611. The van der Waals surface area contributed by atoms with E-state index in [1.807, 2.05) is 0 Å². The Morgan fingerprint density at radius 2 is 1.96 bits per heavy atom. The summed E-state index contributed by atoms with van der Waals surface area (Å²) in [5.41, 5.74) is 1.07. The van der Waals surface area contributed by atoms with E-state index in [1.54, 1.807) is 17.0 Å². The van der Waals surface area contributed by atoms with E-state index >= 15 is 0 Å². The lowest BCUT2D eigenvalue weighted by Crippen LogP contribution is -2.40. The fourth-order valence-electron chi connectivity index (χ4n) is 2.61. The van der Waals surface area contributed by atoms with Gasteiger partial charge in [0.05, 0.1) is 32.4 Å². The predicted molar refractivity (Wildman–Crippen MR) is 84.1 cm³/mol. The van der Waals surface area contributed by atoms with Crippen LogP contribution in [0.4, 0.5) is 4.79 Å². The molecular formula is C16H21N3O5. The largest absolute Gasteiger partial charge is 0.469 e. The molecule has 0 radical (unpaired) electrons. The summed E-state index contributed by atoms with van der Waals surface area (Å²) in [5, 5.41) is 2.52. The maximum atomic E-state index is 12.6. The molecule has 0 atom stereocenters. The maximum Gasteiger partial charge on any atom is 0.407 e. The van der Waals surface area contributed by atoms with E-state index in [9.17, 15) is 14.4 Å². The molecule has 2 heterocycles. The Morgan fingerprint density at radius 3 is 2.58 bits per heavy atom. The van der Waals surface area contributed by atoms with Crippen LogP contribution in [-0.4, -0.2) is 55.2 Å². The third kappa shape index (κ3) is 4.43. The van der Waals surface area contributed by atoms with Crippen molar-refractivity contribution in [2.24, 2.45) is 5.92 Å². The molecule has 1 aromatic heterocycles. The molecule has 0 aliphatic carbocycles. The van der Waals surface area contributed by atoms with Crippen LogP contribution >= 0.6 is 0 Å².